The number of fused-ring (bicyclic) bond motifs is 2. The summed E-state index contributed by atoms with van der Waals surface area (Å²) in [5.74, 6) is 0.955. The number of para-hydroxylation sites is 1. The molecule has 3 aliphatic rings. The van der Waals surface area contributed by atoms with E-state index in [0.717, 1.165) is 94.7 Å². The molecule has 2 atom stereocenters. The molecule has 2 aromatic heterocycles. The van der Waals surface area contributed by atoms with Crippen LogP contribution in [0.15, 0.2) is 84.0 Å². The Morgan fingerprint density at radius 2 is 1.52 bits per heavy atom. The average molecular weight is 829 g/mol. The number of anilines is 1. The van der Waals surface area contributed by atoms with Crippen LogP contribution in [-0.4, -0.2) is 84.6 Å². The molecule has 312 valence electrons. The first-order valence-electron chi connectivity index (χ1n) is 21.4. The van der Waals surface area contributed by atoms with Gasteiger partial charge in [0, 0.05) is 23.4 Å². The van der Waals surface area contributed by atoms with Crippen molar-refractivity contribution in [1.29, 1.82) is 0 Å². The molecule has 13 nitrogen and oxygen atoms in total. The molecule has 0 spiro atoms. The number of benzene rings is 3. The summed E-state index contributed by atoms with van der Waals surface area (Å²) in [5.41, 5.74) is 9.67. The Morgan fingerprint density at radius 3 is 2.28 bits per heavy atom. The minimum absolute atomic E-state index is 0.108. The summed E-state index contributed by atoms with van der Waals surface area (Å²) in [7, 11) is 0. The van der Waals surface area contributed by atoms with Crippen molar-refractivity contribution >= 4 is 52.2 Å². The number of nitrogen functional groups attached to an aromatic ring is 1. The first-order valence-corrected chi connectivity index (χ1v) is 22.4. The molecule has 2 fully saturated rings. The third-order valence-corrected chi connectivity index (χ3v) is 12.9. The Kier molecular flexibility index (Phi) is 13.2. The highest BCUT2D eigenvalue weighted by Gasteiger charge is 2.45. The second-order valence-electron chi connectivity index (χ2n) is 15.9. The number of amides is 4. The number of imide groups is 2. The highest BCUT2D eigenvalue weighted by Crippen LogP contribution is 2.37. The van der Waals surface area contributed by atoms with Gasteiger partial charge in [-0.15, -0.1) is 11.8 Å². The molecule has 5 aromatic rings. The molecule has 0 aliphatic carbocycles. The smallest absolute Gasteiger partial charge is 0.263 e. The third kappa shape index (κ3) is 9.24. The fraction of sp³-hybridized carbons (Fsp3) is 0.413. The SMILES string of the molecule is Nc1ncnc2c1c(-c1ccc(Oc3ccccc3)cc1)nn2C1CCCN(CCCCCCCCCCCSc2cccc3c2C(=O)N(C2CCC(=O)NC2=O)C3=O)C1. The van der Waals surface area contributed by atoms with Crippen LogP contribution in [-0.2, 0) is 9.59 Å². The summed E-state index contributed by atoms with van der Waals surface area (Å²) >= 11 is 1.59. The molecule has 5 heterocycles. The van der Waals surface area contributed by atoms with Gasteiger partial charge in [-0.2, -0.15) is 5.10 Å². The number of nitrogens with two attached hydrogens (primary N) is 1. The summed E-state index contributed by atoms with van der Waals surface area (Å²) in [4.78, 5) is 63.9. The number of nitrogens with one attached hydrogen (secondary N) is 1. The number of rotatable bonds is 18. The van der Waals surface area contributed by atoms with Gasteiger partial charge in [0.2, 0.25) is 11.8 Å². The van der Waals surface area contributed by atoms with E-state index >= 15 is 0 Å². The second kappa shape index (κ2) is 19.2. The zero-order chi connectivity index (χ0) is 41.4. The van der Waals surface area contributed by atoms with Crippen molar-refractivity contribution in [2.24, 2.45) is 0 Å². The van der Waals surface area contributed by atoms with E-state index in [1.165, 1.54) is 51.3 Å². The summed E-state index contributed by atoms with van der Waals surface area (Å²) in [5, 5.41) is 8.17. The standard InChI is InChI=1S/C46H52N8O5S/c47-42-40-41(31-20-22-34(23-21-31)59-33-16-9-8-10-17-33)51-54(43(40)49-30-48-42)32-15-14-27-52(29-32)26-11-6-4-2-1-3-5-7-12-28-60-37-19-13-18-35-39(37)46(58)53(45(35)57)36-24-25-38(55)50-44(36)56/h8-10,13,16-23,30,32,36H,1-7,11-12,14-15,24-29H2,(H2,47,48,49)(H,50,55,56). The fourth-order valence-electron chi connectivity index (χ4n) is 8.65. The van der Waals surface area contributed by atoms with Crippen molar-refractivity contribution in [2.45, 2.75) is 100 Å². The number of thioether (sulfide) groups is 1. The lowest BCUT2D eigenvalue weighted by Crippen LogP contribution is -2.54. The van der Waals surface area contributed by atoms with Crippen molar-refractivity contribution < 1.29 is 23.9 Å². The van der Waals surface area contributed by atoms with Gasteiger partial charge < -0.3 is 15.4 Å². The van der Waals surface area contributed by atoms with Gasteiger partial charge in [-0.1, -0.05) is 69.2 Å². The van der Waals surface area contributed by atoms with Crippen molar-refractivity contribution in [1.82, 2.24) is 34.9 Å². The van der Waals surface area contributed by atoms with E-state index in [4.69, 9.17) is 15.6 Å². The lowest BCUT2D eigenvalue weighted by Gasteiger charge is -2.33. The van der Waals surface area contributed by atoms with Crippen LogP contribution >= 0.6 is 11.8 Å². The van der Waals surface area contributed by atoms with Crippen LogP contribution in [0.2, 0.25) is 0 Å². The van der Waals surface area contributed by atoms with Crippen LogP contribution in [0.1, 0.15) is 110 Å². The summed E-state index contributed by atoms with van der Waals surface area (Å²) in [6.07, 6.45) is 14.6. The highest BCUT2D eigenvalue weighted by atomic mass is 32.2. The largest absolute Gasteiger partial charge is 0.457 e. The normalized spacial score (nSPS) is 18.3. The lowest BCUT2D eigenvalue weighted by atomic mass is 10.0. The quantitative estimate of drug-likeness (QED) is 0.0497. The Labute approximate surface area is 354 Å². The molecule has 14 heteroatoms. The van der Waals surface area contributed by atoms with Crippen molar-refractivity contribution in [3.63, 3.8) is 0 Å². The molecule has 4 amide bonds. The molecular formula is C46H52N8O5S. The van der Waals surface area contributed by atoms with E-state index in [1.807, 2.05) is 60.7 Å². The van der Waals surface area contributed by atoms with E-state index in [2.05, 4.69) is 24.9 Å². The monoisotopic (exact) mass is 828 g/mol. The average Bonchev–Trinajstić information content (AvgIpc) is 3.78. The minimum atomic E-state index is -0.949. The zero-order valence-corrected chi connectivity index (χ0v) is 34.7. The number of hydrogen-bond acceptors (Lipinski definition) is 11. The van der Waals surface area contributed by atoms with Gasteiger partial charge in [0.25, 0.3) is 11.8 Å². The number of unbranched alkanes of at least 4 members (excludes halogenated alkanes) is 8. The molecule has 2 saturated heterocycles. The molecule has 8 rings (SSSR count). The number of likely N-dealkylation sites (tertiary alicyclic amines) is 1. The zero-order valence-electron chi connectivity index (χ0n) is 33.9. The number of aromatic nitrogens is 4. The summed E-state index contributed by atoms with van der Waals surface area (Å²) in [6.45, 7) is 3.12. The molecule has 0 radical (unpaired) electrons. The van der Waals surface area contributed by atoms with Gasteiger partial charge in [0.05, 0.1) is 22.6 Å². The van der Waals surface area contributed by atoms with Crippen LogP contribution in [0.5, 0.6) is 11.5 Å². The van der Waals surface area contributed by atoms with Crippen molar-refractivity contribution in [3.05, 3.63) is 90.3 Å². The first-order chi connectivity index (χ1) is 29.4. The predicted molar refractivity (Wildman–Crippen MR) is 232 cm³/mol. The van der Waals surface area contributed by atoms with Gasteiger partial charge in [-0.3, -0.25) is 29.4 Å². The van der Waals surface area contributed by atoms with Crippen LogP contribution in [0.25, 0.3) is 22.3 Å². The lowest BCUT2D eigenvalue weighted by molar-refractivity contribution is -0.136. The number of ether oxygens (including phenoxy) is 1. The predicted octanol–water partition coefficient (Wildman–Crippen LogP) is 8.21. The highest BCUT2D eigenvalue weighted by molar-refractivity contribution is 7.99. The van der Waals surface area contributed by atoms with E-state index in [-0.39, 0.29) is 24.8 Å². The topological polar surface area (TPSA) is 166 Å². The maximum absolute atomic E-state index is 13.3. The van der Waals surface area contributed by atoms with Crippen LogP contribution in [0, 0.1) is 0 Å². The van der Waals surface area contributed by atoms with Crippen molar-refractivity contribution in [2.75, 3.05) is 31.1 Å². The molecule has 0 bridgehead atoms. The number of nitrogens with zero attached hydrogens (tertiary/aromatic N) is 6. The minimum Gasteiger partial charge on any atom is -0.457 e. The fourth-order valence-corrected chi connectivity index (χ4v) is 9.74. The molecule has 60 heavy (non-hydrogen) atoms. The number of carbonyl (C=O) groups excluding carboxylic acids is 4. The summed E-state index contributed by atoms with van der Waals surface area (Å²) < 4.78 is 8.09. The Balaban J connectivity index is 0.732. The van der Waals surface area contributed by atoms with Gasteiger partial charge in [0.15, 0.2) is 5.65 Å². The Morgan fingerprint density at radius 1 is 0.783 bits per heavy atom. The van der Waals surface area contributed by atoms with Crippen molar-refractivity contribution in [3.8, 4) is 22.8 Å². The number of carbonyl (C=O) groups is 4. The van der Waals surface area contributed by atoms with E-state index in [1.54, 1.807) is 23.9 Å². The van der Waals surface area contributed by atoms with Crippen LogP contribution < -0.4 is 15.8 Å². The third-order valence-electron chi connectivity index (χ3n) is 11.8. The molecule has 2 unspecified atom stereocenters. The first kappa shape index (κ1) is 41.1. The van der Waals surface area contributed by atoms with Crippen LogP contribution in [0.3, 0.4) is 0 Å². The maximum Gasteiger partial charge on any atom is 0.263 e. The van der Waals surface area contributed by atoms with E-state index in [0.29, 0.717) is 16.9 Å². The summed E-state index contributed by atoms with van der Waals surface area (Å²) in [6, 6.07) is 22.2. The molecular weight excluding hydrogens is 777 g/mol. The number of piperidine rings is 2. The molecule has 0 saturated carbocycles. The second-order valence-corrected chi connectivity index (χ2v) is 17.1. The Bertz CT molecular complexity index is 2330. The molecule has 3 N–H and O–H groups in total. The van der Waals surface area contributed by atoms with E-state index in [9.17, 15) is 19.2 Å². The van der Waals surface area contributed by atoms with Gasteiger partial charge >= 0.3 is 0 Å². The van der Waals surface area contributed by atoms with Crippen LogP contribution in [0.4, 0.5) is 5.82 Å². The molecule has 3 aliphatic heterocycles. The van der Waals surface area contributed by atoms with Gasteiger partial charge in [-0.05, 0) is 99.5 Å². The number of hydrogen-bond donors (Lipinski definition) is 2. The van der Waals surface area contributed by atoms with Gasteiger partial charge in [0.1, 0.15) is 35.4 Å². The maximum atomic E-state index is 13.3. The van der Waals surface area contributed by atoms with Gasteiger partial charge in [-0.25, -0.2) is 14.6 Å². The Hall–Kier alpha value is -5.60. The molecule has 3 aromatic carbocycles. The van der Waals surface area contributed by atoms with E-state index < -0.39 is 23.8 Å².